The first kappa shape index (κ1) is 28.2. The summed E-state index contributed by atoms with van der Waals surface area (Å²) in [5, 5.41) is 44.5. The highest BCUT2D eigenvalue weighted by molar-refractivity contribution is 5.83. The van der Waals surface area contributed by atoms with Crippen molar-refractivity contribution in [1.82, 2.24) is 10.2 Å². The molecule has 13 heteroatoms. The highest BCUT2D eigenvalue weighted by atomic mass is 19.4. The minimum absolute atomic E-state index is 0.0513. The molecule has 0 amide bonds. The number of piperidine rings is 1. The summed E-state index contributed by atoms with van der Waals surface area (Å²) in [5.74, 6) is -4.43. The maximum absolute atomic E-state index is 13.2. The maximum atomic E-state index is 13.2. The third-order valence-electron chi connectivity index (χ3n) is 4.89. The molecule has 5 N–H and O–H groups in total. The molecule has 1 aromatic carbocycles. The third kappa shape index (κ3) is 9.30. The fraction of sp³-hybridized carbons (Fsp3) is 0.550. The van der Waals surface area contributed by atoms with Crippen LogP contribution in [0.1, 0.15) is 30.4 Å². The van der Waals surface area contributed by atoms with Crippen molar-refractivity contribution in [2.75, 3.05) is 19.6 Å². The Kier molecular flexibility index (Phi) is 11.2. The number of hydrogen-bond donors (Lipinski definition) is 5. The summed E-state index contributed by atoms with van der Waals surface area (Å²) >= 11 is 0. The van der Waals surface area contributed by atoms with Gasteiger partial charge in [-0.05, 0) is 43.6 Å². The molecule has 0 unspecified atom stereocenters. The molecule has 1 fully saturated rings. The number of aliphatic carboxylic acids is 2. The van der Waals surface area contributed by atoms with Crippen molar-refractivity contribution < 1.29 is 47.6 Å². The molecular weight excluding hydrogens is 454 g/mol. The van der Waals surface area contributed by atoms with Crippen molar-refractivity contribution in [1.29, 1.82) is 5.26 Å². The van der Waals surface area contributed by atoms with Gasteiger partial charge in [-0.3, -0.25) is 4.90 Å². The number of nitrogens with zero attached hydrogens (tertiary/aromatic N) is 2. The number of alkyl halides is 3. The fourth-order valence-electron chi connectivity index (χ4n) is 3.20. The van der Waals surface area contributed by atoms with Crippen LogP contribution in [-0.4, -0.2) is 75.1 Å². The van der Waals surface area contributed by atoms with Crippen LogP contribution in [0.5, 0.6) is 0 Å². The van der Waals surface area contributed by atoms with Gasteiger partial charge >= 0.3 is 18.1 Å². The fourth-order valence-corrected chi connectivity index (χ4v) is 3.20. The van der Waals surface area contributed by atoms with Crippen molar-refractivity contribution in [2.24, 2.45) is 0 Å². The van der Waals surface area contributed by atoms with E-state index in [1.807, 2.05) is 11.0 Å². The SMILES string of the molecule is N#CCCN(Cc1ccc(F)cc1C(F)(F)F)C1CCNCC1.O=C(O)[C@H](O)[C@@H](O)C(=O)O. The molecule has 1 aromatic rings. The predicted molar refractivity (Wildman–Crippen MR) is 105 cm³/mol. The number of aliphatic hydroxyl groups is 2. The summed E-state index contributed by atoms with van der Waals surface area (Å²) in [5.41, 5.74) is -0.885. The summed E-state index contributed by atoms with van der Waals surface area (Å²) < 4.78 is 52.6. The number of carboxylic acid groups (broad SMARTS) is 2. The molecule has 2 rings (SSSR count). The summed E-state index contributed by atoms with van der Waals surface area (Å²) in [6.45, 7) is 2.10. The lowest BCUT2D eigenvalue weighted by molar-refractivity contribution is -0.165. The van der Waals surface area contributed by atoms with Crippen molar-refractivity contribution in [3.63, 3.8) is 0 Å². The van der Waals surface area contributed by atoms with Crippen LogP contribution in [0.25, 0.3) is 0 Å². The Balaban J connectivity index is 0.000000461. The van der Waals surface area contributed by atoms with Crippen LogP contribution in [0.15, 0.2) is 18.2 Å². The molecule has 0 bridgehead atoms. The van der Waals surface area contributed by atoms with Crippen LogP contribution in [0.3, 0.4) is 0 Å². The number of rotatable bonds is 8. The number of hydrogen-bond acceptors (Lipinski definition) is 7. The van der Waals surface area contributed by atoms with Gasteiger partial charge in [-0.2, -0.15) is 18.4 Å². The monoisotopic (exact) mass is 479 g/mol. The molecule has 0 saturated carbocycles. The zero-order chi connectivity index (χ0) is 25.2. The molecule has 1 aliphatic rings. The first-order chi connectivity index (χ1) is 15.4. The molecule has 1 aliphatic heterocycles. The van der Waals surface area contributed by atoms with Crippen molar-refractivity contribution in [3.8, 4) is 6.07 Å². The Morgan fingerprint density at radius 3 is 2.15 bits per heavy atom. The zero-order valence-corrected chi connectivity index (χ0v) is 17.4. The van der Waals surface area contributed by atoms with Crippen molar-refractivity contribution >= 4 is 11.9 Å². The summed E-state index contributed by atoms with van der Waals surface area (Å²) in [7, 11) is 0. The molecule has 1 heterocycles. The number of halogens is 4. The molecular formula is C20H25F4N3O6. The van der Waals surface area contributed by atoms with Gasteiger partial charge in [0.1, 0.15) is 5.82 Å². The summed E-state index contributed by atoms with van der Waals surface area (Å²) in [6, 6.07) is 4.96. The quantitative estimate of drug-likeness (QED) is 0.346. The second-order valence-electron chi connectivity index (χ2n) is 7.23. The Morgan fingerprint density at radius 2 is 1.70 bits per heavy atom. The van der Waals surface area contributed by atoms with E-state index in [9.17, 15) is 27.2 Å². The third-order valence-corrected chi connectivity index (χ3v) is 4.89. The molecule has 33 heavy (non-hydrogen) atoms. The number of nitriles is 1. The Bertz CT molecular complexity index is 822. The average molecular weight is 479 g/mol. The number of nitrogens with one attached hydrogen (secondary N) is 1. The van der Waals surface area contributed by atoms with E-state index in [-0.39, 0.29) is 24.6 Å². The molecule has 0 spiro atoms. The minimum Gasteiger partial charge on any atom is -0.479 e. The second-order valence-corrected chi connectivity index (χ2v) is 7.23. The first-order valence-electron chi connectivity index (χ1n) is 9.87. The molecule has 0 radical (unpaired) electrons. The Hall–Kier alpha value is -2.79. The predicted octanol–water partition coefficient (Wildman–Crippen LogP) is 1.19. The molecule has 2 atom stereocenters. The number of benzene rings is 1. The average Bonchev–Trinajstić information content (AvgIpc) is 2.76. The van der Waals surface area contributed by atoms with E-state index in [0.29, 0.717) is 12.6 Å². The number of carbonyl (C=O) groups is 2. The van der Waals surface area contributed by atoms with Gasteiger partial charge in [-0.1, -0.05) is 6.07 Å². The van der Waals surface area contributed by atoms with Crippen molar-refractivity contribution in [2.45, 2.75) is 50.2 Å². The Labute approximate surface area is 186 Å². The smallest absolute Gasteiger partial charge is 0.416 e. The van der Waals surface area contributed by atoms with Crippen LogP contribution in [0.4, 0.5) is 17.6 Å². The molecule has 0 aromatic heterocycles. The summed E-state index contributed by atoms with van der Waals surface area (Å²) in [4.78, 5) is 21.5. The number of carboxylic acids is 2. The molecule has 9 nitrogen and oxygen atoms in total. The van der Waals surface area contributed by atoms with Gasteiger partial charge in [0, 0.05) is 25.6 Å². The van der Waals surface area contributed by atoms with E-state index >= 15 is 0 Å². The van der Waals surface area contributed by atoms with E-state index in [2.05, 4.69) is 5.32 Å². The zero-order valence-electron chi connectivity index (χ0n) is 17.4. The van der Waals surface area contributed by atoms with Gasteiger partial charge in [-0.25, -0.2) is 14.0 Å². The minimum atomic E-state index is -4.59. The van der Waals surface area contributed by atoms with Gasteiger partial charge in [0.15, 0.2) is 12.2 Å². The van der Waals surface area contributed by atoms with Crippen molar-refractivity contribution in [3.05, 3.63) is 35.1 Å². The topological polar surface area (TPSA) is 154 Å². The summed E-state index contributed by atoms with van der Waals surface area (Å²) in [6.07, 6.45) is -7.21. The van der Waals surface area contributed by atoms with E-state index in [0.717, 1.165) is 32.0 Å². The van der Waals surface area contributed by atoms with Gasteiger partial charge in [0.25, 0.3) is 0 Å². The van der Waals surface area contributed by atoms with Gasteiger partial charge in [0.2, 0.25) is 0 Å². The molecule has 0 aliphatic carbocycles. The van der Waals surface area contributed by atoms with Crippen LogP contribution in [0.2, 0.25) is 0 Å². The largest absolute Gasteiger partial charge is 0.479 e. The highest BCUT2D eigenvalue weighted by Crippen LogP contribution is 2.33. The first-order valence-corrected chi connectivity index (χ1v) is 9.87. The van der Waals surface area contributed by atoms with Gasteiger partial charge in [0.05, 0.1) is 11.6 Å². The van der Waals surface area contributed by atoms with E-state index in [1.54, 1.807) is 0 Å². The van der Waals surface area contributed by atoms with Crippen LogP contribution < -0.4 is 5.32 Å². The second kappa shape index (κ2) is 13.0. The molecule has 1 saturated heterocycles. The van der Waals surface area contributed by atoms with Gasteiger partial charge in [-0.15, -0.1) is 0 Å². The van der Waals surface area contributed by atoms with E-state index < -0.39 is 41.7 Å². The lowest BCUT2D eigenvalue weighted by atomic mass is 10.0. The molecule has 184 valence electrons. The van der Waals surface area contributed by atoms with E-state index in [1.165, 1.54) is 6.07 Å². The lowest BCUT2D eigenvalue weighted by Crippen LogP contribution is -2.43. The Morgan fingerprint density at radius 1 is 1.15 bits per heavy atom. The van der Waals surface area contributed by atoms with E-state index in [4.69, 9.17) is 25.7 Å². The van der Waals surface area contributed by atoms with Crippen LogP contribution >= 0.6 is 0 Å². The maximum Gasteiger partial charge on any atom is 0.416 e. The normalized spacial score (nSPS) is 16.3. The lowest BCUT2D eigenvalue weighted by Gasteiger charge is -2.34. The van der Waals surface area contributed by atoms with Crippen LogP contribution in [-0.2, 0) is 22.3 Å². The standard InChI is InChI=1S/C16H19F4N3.C4H6O6/c17-13-3-2-12(15(10-13)16(18,19)20)11-23(9-1-6-21)14-4-7-22-8-5-14;5-1(3(7)8)2(6)4(9)10/h2-3,10,14,22H,1,4-5,7-9,11H2;1-2,5-6H,(H,7,8)(H,9,10)/t;1-,2-/m.1/s1. The van der Waals surface area contributed by atoms with Crippen LogP contribution in [0, 0.1) is 17.1 Å². The highest BCUT2D eigenvalue weighted by Gasteiger charge is 2.34. The number of aliphatic hydroxyl groups excluding tert-OH is 2. The van der Waals surface area contributed by atoms with Gasteiger partial charge < -0.3 is 25.7 Å².